The van der Waals surface area contributed by atoms with Gasteiger partial charge in [0.1, 0.15) is 5.82 Å². The van der Waals surface area contributed by atoms with Crippen molar-refractivity contribution in [3.8, 4) is 11.4 Å². The molecule has 0 aliphatic carbocycles. The van der Waals surface area contributed by atoms with E-state index in [9.17, 15) is 4.39 Å². The predicted octanol–water partition coefficient (Wildman–Crippen LogP) is 3.18. The molecule has 96 valence electrons. The Bertz CT molecular complexity index is 556. The maximum atomic E-state index is 13.0. The van der Waals surface area contributed by atoms with E-state index in [4.69, 9.17) is 21.9 Å². The summed E-state index contributed by atoms with van der Waals surface area (Å²) in [6.07, 6.45) is 0. The van der Waals surface area contributed by atoms with Gasteiger partial charge in [0.15, 0.2) is 0 Å². The van der Waals surface area contributed by atoms with E-state index >= 15 is 0 Å². The number of halogens is 2. The summed E-state index contributed by atoms with van der Waals surface area (Å²) in [5.74, 6) is 0.418. The number of aromatic nitrogens is 2. The van der Waals surface area contributed by atoms with Gasteiger partial charge in [-0.05, 0) is 24.1 Å². The molecule has 18 heavy (non-hydrogen) atoms. The van der Waals surface area contributed by atoms with E-state index < -0.39 is 5.82 Å². The molecule has 1 unspecified atom stereocenters. The van der Waals surface area contributed by atoms with Gasteiger partial charge in [-0.3, -0.25) is 0 Å². The Kier molecular flexibility index (Phi) is 3.63. The lowest BCUT2D eigenvalue weighted by molar-refractivity contribution is 0.325. The zero-order chi connectivity index (χ0) is 13.3. The molecule has 2 aromatic rings. The average Bonchev–Trinajstić information content (AvgIpc) is 2.81. The minimum absolute atomic E-state index is 0.0204. The van der Waals surface area contributed by atoms with Crippen molar-refractivity contribution in [1.29, 1.82) is 0 Å². The third-order valence-corrected chi connectivity index (χ3v) is 2.91. The maximum Gasteiger partial charge on any atom is 0.244 e. The van der Waals surface area contributed by atoms with Crippen LogP contribution in [0.1, 0.15) is 25.8 Å². The van der Waals surface area contributed by atoms with Gasteiger partial charge in [0.25, 0.3) is 0 Å². The Morgan fingerprint density at radius 1 is 1.39 bits per heavy atom. The largest absolute Gasteiger partial charge is 0.337 e. The predicted molar refractivity (Wildman–Crippen MR) is 66.5 cm³/mol. The second kappa shape index (κ2) is 5.04. The summed E-state index contributed by atoms with van der Waals surface area (Å²) in [5, 5.41) is 3.83. The quantitative estimate of drug-likeness (QED) is 0.929. The fourth-order valence-corrected chi connectivity index (χ4v) is 1.59. The molecule has 2 N–H and O–H groups in total. The monoisotopic (exact) mass is 269 g/mol. The Morgan fingerprint density at radius 3 is 2.72 bits per heavy atom. The molecular weight excluding hydrogens is 257 g/mol. The van der Waals surface area contributed by atoms with Gasteiger partial charge in [-0.25, -0.2) is 4.39 Å². The third kappa shape index (κ3) is 2.52. The highest BCUT2D eigenvalue weighted by Gasteiger charge is 2.18. The Labute approximate surface area is 109 Å². The van der Waals surface area contributed by atoms with Crippen LogP contribution in [0, 0.1) is 11.7 Å². The van der Waals surface area contributed by atoms with E-state index in [1.807, 2.05) is 13.8 Å². The summed E-state index contributed by atoms with van der Waals surface area (Å²) in [7, 11) is 0. The van der Waals surface area contributed by atoms with Crippen LogP contribution >= 0.6 is 11.6 Å². The number of rotatable bonds is 3. The first-order valence-corrected chi connectivity index (χ1v) is 5.91. The lowest BCUT2D eigenvalue weighted by Crippen LogP contribution is -2.16. The summed E-state index contributed by atoms with van der Waals surface area (Å²) in [6.45, 7) is 3.92. The first-order chi connectivity index (χ1) is 8.49. The van der Waals surface area contributed by atoms with Crippen molar-refractivity contribution in [1.82, 2.24) is 10.1 Å². The van der Waals surface area contributed by atoms with Crippen molar-refractivity contribution in [3.63, 3.8) is 0 Å². The molecule has 4 nitrogen and oxygen atoms in total. The van der Waals surface area contributed by atoms with Crippen molar-refractivity contribution in [3.05, 3.63) is 34.9 Å². The molecule has 0 amide bonds. The van der Waals surface area contributed by atoms with E-state index in [0.29, 0.717) is 17.3 Å². The van der Waals surface area contributed by atoms with Crippen molar-refractivity contribution >= 4 is 11.6 Å². The van der Waals surface area contributed by atoms with Crippen LogP contribution in [-0.4, -0.2) is 10.1 Å². The van der Waals surface area contributed by atoms with Gasteiger partial charge in [-0.1, -0.05) is 30.6 Å². The molecule has 0 spiro atoms. The first kappa shape index (κ1) is 13.0. The summed E-state index contributed by atoms with van der Waals surface area (Å²) in [5.41, 5.74) is 6.49. The number of hydrogen-bond acceptors (Lipinski definition) is 4. The van der Waals surface area contributed by atoms with E-state index in [0.717, 1.165) is 0 Å². The lowest BCUT2D eigenvalue weighted by atomic mass is 10.1. The van der Waals surface area contributed by atoms with Crippen molar-refractivity contribution in [2.75, 3.05) is 0 Å². The molecule has 0 fully saturated rings. The molecule has 6 heteroatoms. The maximum absolute atomic E-state index is 13.0. The Morgan fingerprint density at radius 2 is 2.11 bits per heavy atom. The van der Waals surface area contributed by atoms with Gasteiger partial charge in [0.05, 0.1) is 11.1 Å². The highest BCUT2D eigenvalue weighted by Crippen LogP contribution is 2.24. The zero-order valence-corrected chi connectivity index (χ0v) is 10.8. The normalized spacial score (nSPS) is 13.0. The Balaban J connectivity index is 2.32. The van der Waals surface area contributed by atoms with Crippen molar-refractivity contribution < 1.29 is 8.91 Å². The molecule has 1 aromatic carbocycles. The molecule has 1 heterocycles. The highest BCUT2D eigenvalue weighted by atomic mass is 35.5. The first-order valence-electron chi connectivity index (χ1n) is 5.53. The molecule has 0 bridgehead atoms. The van der Waals surface area contributed by atoms with Crippen LogP contribution in [0.4, 0.5) is 4.39 Å². The Hall–Kier alpha value is -1.46. The summed E-state index contributed by atoms with van der Waals surface area (Å²) < 4.78 is 18.1. The molecule has 1 atom stereocenters. The van der Waals surface area contributed by atoms with Crippen LogP contribution in [0.3, 0.4) is 0 Å². The molecule has 0 radical (unpaired) electrons. The molecule has 1 aromatic heterocycles. The average molecular weight is 270 g/mol. The van der Waals surface area contributed by atoms with Crippen LogP contribution in [0.2, 0.25) is 5.02 Å². The van der Waals surface area contributed by atoms with Crippen LogP contribution in [0.15, 0.2) is 22.7 Å². The molecule has 2 rings (SSSR count). The van der Waals surface area contributed by atoms with E-state index in [-0.39, 0.29) is 17.0 Å². The van der Waals surface area contributed by atoms with Crippen LogP contribution in [0.25, 0.3) is 11.4 Å². The fraction of sp³-hybridized carbons (Fsp3) is 0.333. The topological polar surface area (TPSA) is 64.9 Å². The van der Waals surface area contributed by atoms with Crippen molar-refractivity contribution in [2.45, 2.75) is 19.9 Å². The van der Waals surface area contributed by atoms with Gasteiger partial charge >= 0.3 is 0 Å². The number of nitrogens with two attached hydrogens (primary N) is 1. The smallest absolute Gasteiger partial charge is 0.244 e. The van der Waals surface area contributed by atoms with Gasteiger partial charge in [-0.15, -0.1) is 0 Å². The van der Waals surface area contributed by atoms with E-state index in [1.54, 1.807) is 0 Å². The van der Waals surface area contributed by atoms with Gasteiger partial charge < -0.3 is 10.3 Å². The van der Waals surface area contributed by atoms with Crippen LogP contribution < -0.4 is 5.73 Å². The van der Waals surface area contributed by atoms with Gasteiger partial charge in [-0.2, -0.15) is 4.98 Å². The standard InChI is InChI=1S/C12H13ClFN3O/c1-6(2)10(15)12-16-11(17-18-12)7-3-4-9(14)8(13)5-7/h3-6,10H,15H2,1-2H3. The van der Waals surface area contributed by atoms with Gasteiger partial charge in [0.2, 0.25) is 11.7 Å². The zero-order valence-electron chi connectivity index (χ0n) is 10.0. The number of benzene rings is 1. The van der Waals surface area contributed by atoms with Crippen LogP contribution in [-0.2, 0) is 0 Å². The fourth-order valence-electron chi connectivity index (χ4n) is 1.41. The highest BCUT2D eigenvalue weighted by molar-refractivity contribution is 6.31. The summed E-state index contributed by atoms with van der Waals surface area (Å²) in [4.78, 5) is 4.19. The second-order valence-corrected chi connectivity index (χ2v) is 4.76. The van der Waals surface area contributed by atoms with Crippen molar-refractivity contribution in [2.24, 2.45) is 11.7 Å². The summed E-state index contributed by atoms with van der Waals surface area (Å²) in [6, 6.07) is 3.93. The minimum atomic E-state index is -0.483. The molecular formula is C12H13ClFN3O. The second-order valence-electron chi connectivity index (χ2n) is 4.35. The summed E-state index contributed by atoms with van der Waals surface area (Å²) >= 11 is 5.70. The number of nitrogens with zero attached hydrogens (tertiary/aromatic N) is 2. The van der Waals surface area contributed by atoms with E-state index in [1.165, 1.54) is 18.2 Å². The van der Waals surface area contributed by atoms with Crippen LogP contribution in [0.5, 0.6) is 0 Å². The molecule has 0 aliphatic rings. The lowest BCUT2D eigenvalue weighted by Gasteiger charge is -2.09. The minimum Gasteiger partial charge on any atom is -0.337 e. The molecule has 0 saturated heterocycles. The molecule has 0 saturated carbocycles. The molecule has 0 aliphatic heterocycles. The van der Waals surface area contributed by atoms with Gasteiger partial charge in [0, 0.05) is 5.56 Å². The third-order valence-electron chi connectivity index (χ3n) is 2.62. The number of hydrogen-bond donors (Lipinski definition) is 1. The SMILES string of the molecule is CC(C)C(N)c1nc(-c2ccc(F)c(Cl)c2)no1. The van der Waals surface area contributed by atoms with E-state index in [2.05, 4.69) is 10.1 Å².